The van der Waals surface area contributed by atoms with Gasteiger partial charge in [-0.2, -0.15) is 0 Å². The van der Waals surface area contributed by atoms with Gasteiger partial charge >= 0.3 is 0 Å². The summed E-state index contributed by atoms with van der Waals surface area (Å²) >= 11 is 1.69. The molecule has 1 heterocycles. The average molecular weight is 256 g/mol. The highest BCUT2D eigenvalue weighted by atomic mass is 35.5. The van der Waals surface area contributed by atoms with E-state index in [1.807, 2.05) is 36.6 Å². The van der Waals surface area contributed by atoms with Gasteiger partial charge in [-0.25, -0.2) is 0 Å². The molecule has 2 rings (SSSR count). The van der Waals surface area contributed by atoms with Gasteiger partial charge in [-0.05, 0) is 49.0 Å². The standard InChI is InChI=1S/C12H13NOS.ClH/c1-8(13-2)12(14)10-3-4-11-9(7-10)5-6-15-11;/h3-8,13H,1-2H3;1H. The highest BCUT2D eigenvalue weighted by Gasteiger charge is 2.13. The SMILES string of the molecule is CNC(C)C(=O)c1ccc2sccc2c1.Cl. The molecule has 2 nitrogen and oxygen atoms in total. The molecule has 0 spiro atoms. The van der Waals surface area contributed by atoms with Crippen LogP contribution in [0.25, 0.3) is 10.1 Å². The minimum Gasteiger partial charge on any atom is -0.310 e. The summed E-state index contributed by atoms with van der Waals surface area (Å²) in [5.41, 5.74) is 0.780. The third kappa shape index (κ3) is 2.43. The van der Waals surface area contributed by atoms with Crippen molar-refractivity contribution in [3.63, 3.8) is 0 Å². The second kappa shape index (κ2) is 5.43. The van der Waals surface area contributed by atoms with Crippen LogP contribution in [0.5, 0.6) is 0 Å². The molecule has 1 unspecified atom stereocenters. The van der Waals surface area contributed by atoms with Crippen LogP contribution in [-0.2, 0) is 0 Å². The summed E-state index contributed by atoms with van der Waals surface area (Å²) in [6.07, 6.45) is 0. The van der Waals surface area contributed by atoms with E-state index >= 15 is 0 Å². The van der Waals surface area contributed by atoms with Crippen LogP contribution in [0.4, 0.5) is 0 Å². The average Bonchev–Trinajstić information content (AvgIpc) is 2.73. The monoisotopic (exact) mass is 255 g/mol. The number of hydrogen-bond donors (Lipinski definition) is 1. The zero-order chi connectivity index (χ0) is 10.8. The lowest BCUT2D eigenvalue weighted by atomic mass is 10.0. The first-order valence-corrected chi connectivity index (χ1v) is 5.79. The fourth-order valence-corrected chi connectivity index (χ4v) is 2.27. The van der Waals surface area contributed by atoms with Crippen LogP contribution >= 0.6 is 23.7 Å². The summed E-state index contributed by atoms with van der Waals surface area (Å²) in [5.74, 6) is 0.144. The molecule has 0 bridgehead atoms. The molecular formula is C12H14ClNOS. The van der Waals surface area contributed by atoms with Crippen molar-refractivity contribution in [1.82, 2.24) is 5.32 Å². The van der Waals surface area contributed by atoms with E-state index < -0.39 is 0 Å². The summed E-state index contributed by atoms with van der Waals surface area (Å²) in [7, 11) is 1.80. The molecule has 0 aliphatic carbocycles. The highest BCUT2D eigenvalue weighted by Crippen LogP contribution is 2.22. The minimum atomic E-state index is -0.124. The second-order valence-electron chi connectivity index (χ2n) is 3.55. The van der Waals surface area contributed by atoms with Crippen molar-refractivity contribution in [1.29, 1.82) is 0 Å². The number of Topliss-reactive ketones (excluding diaryl/α,β-unsaturated/α-hetero) is 1. The topological polar surface area (TPSA) is 29.1 Å². The van der Waals surface area contributed by atoms with E-state index in [9.17, 15) is 4.79 Å². The number of carbonyl (C=O) groups is 1. The van der Waals surface area contributed by atoms with E-state index in [0.717, 1.165) is 10.9 Å². The number of likely N-dealkylation sites (N-methyl/N-ethyl adjacent to an activating group) is 1. The van der Waals surface area contributed by atoms with Gasteiger partial charge in [0.1, 0.15) is 0 Å². The van der Waals surface area contributed by atoms with E-state index in [0.29, 0.717) is 0 Å². The summed E-state index contributed by atoms with van der Waals surface area (Å²) < 4.78 is 1.23. The van der Waals surface area contributed by atoms with E-state index in [4.69, 9.17) is 0 Å². The molecule has 16 heavy (non-hydrogen) atoms. The largest absolute Gasteiger partial charge is 0.310 e. The molecule has 0 aliphatic rings. The summed E-state index contributed by atoms with van der Waals surface area (Å²) in [5, 5.41) is 6.15. The smallest absolute Gasteiger partial charge is 0.179 e. The van der Waals surface area contributed by atoms with Gasteiger partial charge in [0.15, 0.2) is 5.78 Å². The lowest BCUT2D eigenvalue weighted by molar-refractivity contribution is 0.0955. The number of ketones is 1. The fraction of sp³-hybridized carbons (Fsp3) is 0.250. The zero-order valence-electron chi connectivity index (χ0n) is 9.19. The number of thiophene rings is 1. The normalized spacial score (nSPS) is 12.1. The number of benzene rings is 1. The molecule has 2 aromatic rings. The van der Waals surface area contributed by atoms with Crippen LogP contribution in [0.2, 0.25) is 0 Å². The van der Waals surface area contributed by atoms with Crippen molar-refractivity contribution in [2.75, 3.05) is 7.05 Å². The van der Waals surface area contributed by atoms with Crippen molar-refractivity contribution >= 4 is 39.6 Å². The number of fused-ring (bicyclic) bond motifs is 1. The molecule has 1 atom stereocenters. The number of carbonyl (C=O) groups excluding carboxylic acids is 1. The third-order valence-corrected chi connectivity index (χ3v) is 3.46. The maximum Gasteiger partial charge on any atom is 0.179 e. The van der Waals surface area contributed by atoms with Crippen molar-refractivity contribution < 1.29 is 4.79 Å². The van der Waals surface area contributed by atoms with Gasteiger partial charge in [-0.15, -0.1) is 23.7 Å². The third-order valence-electron chi connectivity index (χ3n) is 2.56. The van der Waals surface area contributed by atoms with Gasteiger partial charge in [0.2, 0.25) is 0 Å². The van der Waals surface area contributed by atoms with E-state index in [-0.39, 0.29) is 24.2 Å². The predicted molar refractivity (Wildman–Crippen MR) is 71.9 cm³/mol. The van der Waals surface area contributed by atoms with Crippen LogP contribution in [0.15, 0.2) is 29.6 Å². The maximum atomic E-state index is 11.9. The van der Waals surface area contributed by atoms with Gasteiger partial charge < -0.3 is 5.32 Å². The number of hydrogen-bond acceptors (Lipinski definition) is 3. The molecule has 1 aromatic heterocycles. The molecule has 0 amide bonds. The second-order valence-corrected chi connectivity index (χ2v) is 4.50. The summed E-state index contributed by atoms with van der Waals surface area (Å²) in [4.78, 5) is 11.9. The molecule has 0 fully saturated rings. The van der Waals surface area contributed by atoms with Crippen LogP contribution in [-0.4, -0.2) is 18.9 Å². The van der Waals surface area contributed by atoms with Crippen LogP contribution < -0.4 is 5.32 Å². The first-order chi connectivity index (χ1) is 7.22. The van der Waals surface area contributed by atoms with Gasteiger partial charge in [-0.3, -0.25) is 4.79 Å². The minimum absolute atomic E-state index is 0. The molecule has 0 saturated carbocycles. The van der Waals surface area contributed by atoms with Gasteiger partial charge in [-0.1, -0.05) is 0 Å². The summed E-state index contributed by atoms with van der Waals surface area (Å²) in [6.45, 7) is 1.88. The molecule has 86 valence electrons. The van der Waals surface area contributed by atoms with Gasteiger partial charge in [0.05, 0.1) is 6.04 Å². The number of nitrogens with one attached hydrogen (secondary N) is 1. The first-order valence-electron chi connectivity index (χ1n) is 4.91. The molecule has 0 saturated heterocycles. The molecular weight excluding hydrogens is 242 g/mol. The van der Waals surface area contributed by atoms with Crippen LogP contribution in [0.3, 0.4) is 0 Å². The van der Waals surface area contributed by atoms with Crippen LogP contribution in [0, 0.1) is 0 Å². The number of rotatable bonds is 3. The van der Waals surface area contributed by atoms with E-state index in [1.54, 1.807) is 18.4 Å². The Balaban J connectivity index is 0.00000128. The highest BCUT2D eigenvalue weighted by molar-refractivity contribution is 7.17. The van der Waals surface area contributed by atoms with Gasteiger partial charge in [0, 0.05) is 10.3 Å². The molecule has 1 N–H and O–H groups in total. The molecule has 1 aromatic carbocycles. The Bertz CT molecular complexity index is 494. The van der Waals surface area contributed by atoms with Gasteiger partial charge in [0.25, 0.3) is 0 Å². The van der Waals surface area contributed by atoms with Crippen molar-refractivity contribution in [3.8, 4) is 0 Å². The Labute approximate surface area is 105 Å². The Hall–Kier alpha value is -0.900. The molecule has 0 aliphatic heterocycles. The lowest BCUT2D eigenvalue weighted by Crippen LogP contribution is -2.30. The Morgan fingerprint density at radius 3 is 2.81 bits per heavy atom. The Morgan fingerprint density at radius 1 is 1.38 bits per heavy atom. The first kappa shape index (κ1) is 13.2. The van der Waals surface area contributed by atoms with Crippen molar-refractivity contribution in [3.05, 3.63) is 35.2 Å². The van der Waals surface area contributed by atoms with Crippen molar-refractivity contribution in [2.45, 2.75) is 13.0 Å². The maximum absolute atomic E-state index is 11.9. The molecule has 4 heteroatoms. The predicted octanol–water partition coefficient (Wildman–Crippen LogP) is 3.11. The quantitative estimate of drug-likeness (QED) is 0.854. The number of halogens is 1. The zero-order valence-corrected chi connectivity index (χ0v) is 10.8. The van der Waals surface area contributed by atoms with Crippen LogP contribution in [0.1, 0.15) is 17.3 Å². The van der Waals surface area contributed by atoms with E-state index in [2.05, 4.69) is 5.32 Å². The molecule has 0 radical (unpaired) electrons. The van der Waals surface area contributed by atoms with Crippen molar-refractivity contribution in [2.24, 2.45) is 0 Å². The van der Waals surface area contributed by atoms with E-state index in [1.165, 1.54) is 4.70 Å². The Morgan fingerprint density at radius 2 is 2.12 bits per heavy atom. The Kier molecular flexibility index (Phi) is 4.47. The lowest BCUT2D eigenvalue weighted by Gasteiger charge is -2.08. The summed E-state index contributed by atoms with van der Waals surface area (Å²) in [6, 6.07) is 7.79. The fourth-order valence-electron chi connectivity index (χ4n) is 1.50.